The molecule has 0 amide bonds. The largest absolute Gasteiger partial charge is 0.283 e. The van der Waals surface area contributed by atoms with Gasteiger partial charge in [-0.25, -0.2) is 22.0 Å². The second-order valence-electron chi connectivity index (χ2n) is 3.68. The van der Waals surface area contributed by atoms with E-state index in [0.717, 1.165) is 0 Å². The monoisotopic (exact) mass is 253 g/mol. The number of alkyl halides is 2. The number of benzene rings is 1. The maximum Gasteiger partial charge on any atom is 0.194 e. The zero-order chi connectivity index (χ0) is 13.1. The molecule has 17 heavy (non-hydrogen) atoms. The molecule has 6 heteroatoms. The van der Waals surface area contributed by atoms with Crippen LogP contribution in [0.3, 0.4) is 0 Å². The van der Waals surface area contributed by atoms with E-state index in [4.69, 9.17) is 0 Å². The first-order chi connectivity index (χ1) is 7.91. The molecule has 96 valence electrons. The quantitative estimate of drug-likeness (QED) is 0.483. The van der Waals surface area contributed by atoms with E-state index < -0.39 is 36.3 Å². The first kappa shape index (κ1) is 13.9. The Balaban J connectivity index is 2.94. The maximum absolute atomic E-state index is 13.7. The fourth-order valence-electron chi connectivity index (χ4n) is 1.51. The molecular formula is C11H12F5N. The van der Waals surface area contributed by atoms with Crippen molar-refractivity contribution in [3.05, 3.63) is 35.1 Å². The number of hydrogen-bond donors (Lipinski definition) is 1. The highest BCUT2D eigenvalue weighted by Crippen LogP contribution is 2.20. The van der Waals surface area contributed by atoms with E-state index in [1.54, 1.807) is 6.92 Å². The van der Waals surface area contributed by atoms with Crippen LogP contribution in [0.15, 0.2) is 12.1 Å². The lowest BCUT2D eigenvalue weighted by Gasteiger charge is -2.22. The Bertz CT molecular complexity index is 372. The molecule has 0 spiro atoms. The van der Waals surface area contributed by atoms with E-state index in [9.17, 15) is 22.0 Å². The smallest absolute Gasteiger partial charge is 0.194 e. The van der Waals surface area contributed by atoms with Crippen LogP contribution in [-0.2, 0) is 6.42 Å². The van der Waals surface area contributed by atoms with Gasteiger partial charge in [-0.15, -0.1) is 0 Å². The molecule has 1 unspecified atom stereocenters. The molecule has 0 radical (unpaired) electrons. The number of nitrogens with one attached hydrogen (secondary N) is 1. The summed E-state index contributed by atoms with van der Waals surface area (Å²) >= 11 is 0. The number of rotatable bonds is 5. The molecule has 0 heterocycles. The fourth-order valence-corrected chi connectivity index (χ4v) is 1.51. The van der Waals surface area contributed by atoms with Gasteiger partial charge in [0.1, 0.15) is 6.67 Å². The zero-order valence-corrected chi connectivity index (χ0v) is 9.17. The topological polar surface area (TPSA) is 12.0 Å². The molecule has 0 fully saturated rings. The minimum absolute atomic E-state index is 0.150. The summed E-state index contributed by atoms with van der Waals surface area (Å²) < 4.78 is 64.6. The highest BCUT2D eigenvalue weighted by Gasteiger charge is 2.29. The second-order valence-corrected chi connectivity index (χ2v) is 3.68. The van der Waals surface area contributed by atoms with Gasteiger partial charge in [-0.2, -0.15) is 0 Å². The highest BCUT2D eigenvalue weighted by atomic mass is 19.2. The summed E-state index contributed by atoms with van der Waals surface area (Å²) in [6, 6.07) is 1.31. The molecule has 1 rings (SSSR count). The van der Waals surface area contributed by atoms with Gasteiger partial charge in [0.05, 0.1) is 0 Å². The van der Waals surface area contributed by atoms with Crippen LogP contribution in [0.1, 0.15) is 12.5 Å². The van der Waals surface area contributed by atoms with Crippen LogP contribution in [0.5, 0.6) is 0 Å². The van der Waals surface area contributed by atoms with Crippen LogP contribution < -0.4 is 5.32 Å². The van der Waals surface area contributed by atoms with Crippen molar-refractivity contribution in [3.8, 4) is 0 Å². The van der Waals surface area contributed by atoms with Gasteiger partial charge < -0.3 is 0 Å². The van der Waals surface area contributed by atoms with Crippen LogP contribution in [0.2, 0.25) is 0 Å². The molecule has 0 bridgehead atoms. The average molecular weight is 253 g/mol. The standard InChI is InChI=1S/C11H12F5N/c1-2-17-11(16,6-12)5-7-3-8(13)10(15)9(14)4-7/h3-4,17H,2,5-6H2,1H3. The van der Waals surface area contributed by atoms with E-state index in [1.165, 1.54) is 0 Å². The van der Waals surface area contributed by atoms with Crippen LogP contribution in [0, 0.1) is 17.5 Å². The summed E-state index contributed by atoms with van der Waals surface area (Å²) in [6.45, 7) is 0.379. The molecule has 0 aliphatic rings. The Morgan fingerprint density at radius 2 is 1.71 bits per heavy atom. The normalized spacial score (nSPS) is 14.7. The Labute approximate surface area is 95.6 Å². The van der Waals surface area contributed by atoms with Gasteiger partial charge in [0.25, 0.3) is 0 Å². The Morgan fingerprint density at radius 1 is 1.18 bits per heavy atom. The molecule has 1 aromatic rings. The van der Waals surface area contributed by atoms with Crippen molar-refractivity contribution in [3.63, 3.8) is 0 Å². The van der Waals surface area contributed by atoms with Crippen molar-refractivity contribution >= 4 is 0 Å². The first-order valence-corrected chi connectivity index (χ1v) is 5.05. The van der Waals surface area contributed by atoms with Crippen molar-refractivity contribution in [1.82, 2.24) is 5.32 Å². The molecule has 0 aliphatic carbocycles. The molecule has 0 saturated heterocycles. The van der Waals surface area contributed by atoms with Gasteiger partial charge >= 0.3 is 0 Å². The van der Waals surface area contributed by atoms with Crippen molar-refractivity contribution in [1.29, 1.82) is 0 Å². The summed E-state index contributed by atoms with van der Waals surface area (Å²) in [5.74, 6) is -6.86. The second kappa shape index (κ2) is 5.44. The van der Waals surface area contributed by atoms with Crippen molar-refractivity contribution < 1.29 is 22.0 Å². The third-order valence-electron chi connectivity index (χ3n) is 2.23. The maximum atomic E-state index is 13.7. The molecule has 1 N–H and O–H groups in total. The summed E-state index contributed by atoms with van der Waals surface area (Å²) in [6.07, 6.45) is -0.578. The minimum atomic E-state index is -2.40. The summed E-state index contributed by atoms with van der Waals surface area (Å²) in [4.78, 5) is 0. The Hall–Kier alpha value is -1.17. The van der Waals surface area contributed by atoms with Gasteiger partial charge in [0.15, 0.2) is 23.2 Å². The number of hydrogen-bond acceptors (Lipinski definition) is 1. The lowest BCUT2D eigenvalue weighted by molar-refractivity contribution is 0.0815. The predicted molar refractivity (Wildman–Crippen MR) is 53.5 cm³/mol. The lowest BCUT2D eigenvalue weighted by atomic mass is 10.0. The summed E-state index contributed by atoms with van der Waals surface area (Å²) in [5.41, 5.74) is -0.150. The van der Waals surface area contributed by atoms with Crippen LogP contribution in [0.4, 0.5) is 22.0 Å². The van der Waals surface area contributed by atoms with E-state index >= 15 is 0 Å². The number of halogens is 5. The van der Waals surface area contributed by atoms with E-state index in [2.05, 4.69) is 5.32 Å². The van der Waals surface area contributed by atoms with E-state index in [-0.39, 0.29) is 12.1 Å². The zero-order valence-electron chi connectivity index (χ0n) is 9.17. The first-order valence-electron chi connectivity index (χ1n) is 5.05. The van der Waals surface area contributed by atoms with Crippen molar-refractivity contribution in [2.45, 2.75) is 19.1 Å². The highest BCUT2D eigenvalue weighted by molar-refractivity contribution is 5.21. The van der Waals surface area contributed by atoms with E-state index in [0.29, 0.717) is 12.1 Å². The van der Waals surface area contributed by atoms with Crippen molar-refractivity contribution in [2.24, 2.45) is 0 Å². The van der Waals surface area contributed by atoms with Gasteiger partial charge in [0.2, 0.25) is 0 Å². The molecule has 0 saturated carbocycles. The van der Waals surface area contributed by atoms with Crippen molar-refractivity contribution in [2.75, 3.05) is 13.2 Å². The van der Waals surface area contributed by atoms with Gasteiger partial charge in [0, 0.05) is 6.42 Å². The third kappa shape index (κ3) is 3.39. The molecule has 1 aromatic carbocycles. The molecule has 1 atom stereocenters. The molecule has 1 nitrogen and oxygen atoms in total. The minimum Gasteiger partial charge on any atom is -0.283 e. The van der Waals surface area contributed by atoms with Gasteiger partial charge in [-0.05, 0) is 24.2 Å². The predicted octanol–water partition coefficient (Wildman–Crippen LogP) is 2.89. The summed E-state index contributed by atoms with van der Waals surface area (Å²) in [7, 11) is 0. The van der Waals surface area contributed by atoms with Gasteiger partial charge in [-0.1, -0.05) is 6.92 Å². The summed E-state index contributed by atoms with van der Waals surface area (Å²) in [5, 5.41) is 2.23. The number of likely N-dealkylation sites (N-methyl/N-ethyl adjacent to an activating group) is 1. The third-order valence-corrected chi connectivity index (χ3v) is 2.23. The lowest BCUT2D eigenvalue weighted by Crippen LogP contribution is -2.45. The molecule has 0 aromatic heterocycles. The van der Waals surface area contributed by atoms with Gasteiger partial charge in [-0.3, -0.25) is 5.32 Å². The Morgan fingerprint density at radius 3 is 2.12 bits per heavy atom. The fraction of sp³-hybridized carbons (Fsp3) is 0.455. The molecule has 0 aliphatic heterocycles. The SMILES string of the molecule is CCNC(F)(CF)Cc1cc(F)c(F)c(F)c1. The van der Waals surface area contributed by atoms with Crippen LogP contribution in [0.25, 0.3) is 0 Å². The van der Waals surface area contributed by atoms with E-state index in [1.807, 2.05) is 0 Å². The Kier molecular flexibility index (Phi) is 4.45. The average Bonchev–Trinajstić information content (AvgIpc) is 2.26. The van der Waals surface area contributed by atoms with Crippen LogP contribution >= 0.6 is 0 Å². The van der Waals surface area contributed by atoms with Crippen LogP contribution in [-0.4, -0.2) is 19.0 Å². The molecular weight excluding hydrogens is 241 g/mol.